The van der Waals surface area contributed by atoms with Crippen LogP contribution in [0.5, 0.6) is 5.75 Å². The molecule has 0 saturated carbocycles. The predicted molar refractivity (Wildman–Crippen MR) is 93.0 cm³/mol. The first-order valence-electron chi connectivity index (χ1n) is 7.30. The molecular formula is C17H18Cl2N2O2. The molecule has 23 heavy (non-hydrogen) atoms. The summed E-state index contributed by atoms with van der Waals surface area (Å²) in [5.74, 6) is 0.0933. The van der Waals surface area contributed by atoms with Crippen molar-refractivity contribution in [3.05, 3.63) is 63.6 Å². The number of hydrazine groups is 1. The Balaban J connectivity index is 1.96. The Bertz CT molecular complexity index is 640. The van der Waals surface area contributed by atoms with E-state index in [9.17, 15) is 4.79 Å². The van der Waals surface area contributed by atoms with Crippen LogP contribution in [-0.4, -0.2) is 12.5 Å². The molecule has 4 nitrogen and oxygen atoms in total. The molecule has 0 aromatic heterocycles. The van der Waals surface area contributed by atoms with Crippen LogP contribution in [0.1, 0.15) is 29.3 Å². The fourth-order valence-electron chi connectivity index (χ4n) is 1.93. The van der Waals surface area contributed by atoms with Gasteiger partial charge in [0, 0.05) is 12.1 Å². The maximum atomic E-state index is 12.1. The van der Waals surface area contributed by atoms with Gasteiger partial charge in [0.05, 0.1) is 16.7 Å². The molecule has 0 aliphatic carbocycles. The lowest BCUT2D eigenvalue weighted by Crippen LogP contribution is -2.36. The summed E-state index contributed by atoms with van der Waals surface area (Å²) >= 11 is 12.3. The molecule has 0 aliphatic rings. The minimum Gasteiger partial charge on any atom is -0.490 e. The van der Waals surface area contributed by atoms with Crippen molar-refractivity contribution in [3.63, 3.8) is 0 Å². The Morgan fingerprint density at radius 1 is 1.13 bits per heavy atom. The average Bonchev–Trinajstić information content (AvgIpc) is 2.55. The van der Waals surface area contributed by atoms with E-state index in [0.29, 0.717) is 34.5 Å². The van der Waals surface area contributed by atoms with Gasteiger partial charge >= 0.3 is 0 Å². The third kappa shape index (κ3) is 5.13. The van der Waals surface area contributed by atoms with Crippen LogP contribution in [0.15, 0.2) is 42.5 Å². The van der Waals surface area contributed by atoms with Crippen LogP contribution in [0.25, 0.3) is 0 Å². The van der Waals surface area contributed by atoms with Crippen molar-refractivity contribution in [3.8, 4) is 5.75 Å². The standard InChI is InChI=1S/C17H18Cl2N2O2/c1-2-8-23-16-14(18)9-13(10-15(16)19)17(22)21-20-11-12-6-4-3-5-7-12/h3-7,9-10,20H,2,8,11H2,1H3,(H,21,22). The fourth-order valence-corrected chi connectivity index (χ4v) is 2.52. The molecule has 1 amide bonds. The first kappa shape index (κ1) is 17.6. The van der Waals surface area contributed by atoms with E-state index in [-0.39, 0.29) is 5.91 Å². The summed E-state index contributed by atoms with van der Waals surface area (Å²) in [5, 5.41) is 0.637. The zero-order chi connectivity index (χ0) is 16.7. The number of halogens is 2. The third-order valence-electron chi connectivity index (χ3n) is 3.05. The number of benzene rings is 2. The topological polar surface area (TPSA) is 50.4 Å². The van der Waals surface area contributed by atoms with Gasteiger partial charge in [-0.1, -0.05) is 60.5 Å². The SMILES string of the molecule is CCCOc1c(Cl)cc(C(=O)NNCc2ccccc2)cc1Cl. The van der Waals surface area contributed by atoms with E-state index in [1.165, 1.54) is 12.1 Å². The Labute approximate surface area is 145 Å². The predicted octanol–water partition coefficient (Wildman–Crippen LogP) is 4.22. The molecule has 0 aliphatic heterocycles. The van der Waals surface area contributed by atoms with Crippen LogP contribution in [-0.2, 0) is 6.54 Å². The molecule has 0 unspecified atom stereocenters. The highest BCUT2D eigenvalue weighted by atomic mass is 35.5. The fraction of sp³-hybridized carbons (Fsp3) is 0.235. The van der Waals surface area contributed by atoms with Gasteiger partial charge < -0.3 is 4.74 Å². The number of nitrogens with one attached hydrogen (secondary N) is 2. The molecule has 0 saturated heterocycles. The molecule has 2 rings (SSSR count). The van der Waals surface area contributed by atoms with Crippen LogP contribution in [0.3, 0.4) is 0 Å². The monoisotopic (exact) mass is 352 g/mol. The van der Waals surface area contributed by atoms with Gasteiger partial charge in [0.15, 0.2) is 5.75 Å². The van der Waals surface area contributed by atoms with Gasteiger partial charge in [-0.15, -0.1) is 0 Å². The lowest BCUT2D eigenvalue weighted by molar-refractivity contribution is 0.0932. The molecule has 0 spiro atoms. The Morgan fingerprint density at radius 2 is 1.78 bits per heavy atom. The van der Waals surface area contributed by atoms with Crippen LogP contribution in [0, 0.1) is 0 Å². The van der Waals surface area contributed by atoms with Crippen LogP contribution in [0.2, 0.25) is 10.0 Å². The quantitative estimate of drug-likeness (QED) is 0.733. The summed E-state index contributed by atoms with van der Waals surface area (Å²) in [6.45, 7) is 3.03. The average molecular weight is 353 g/mol. The van der Waals surface area contributed by atoms with Crippen molar-refractivity contribution in [1.82, 2.24) is 10.9 Å². The van der Waals surface area contributed by atoms with Crippen molar-refractivity contribution in [2.45, 2.75) is 19.9 Å². The highest BCUT2D eigenvalue weighted by Crippen LogP contribution is 2.34. The van der Waals surface area contributed by atoms with E-state index >= 15 is 0 Å². The highest BCUT2D eigenvalue weighted by Gasteiger charge is 2.13. The molecular weight excluding hydrogens is 335 g/mol. The summed E-state index contributed by atoms with van der Waals surface area (Å²) in [7, 11) is 0. The van der Waals surface area contributed by atoms with E-state index < -0.39 is 0 Å². The molecule has 2 N–H and O–H groups in total. The Morgan fingerprint density at radius 3 is 2.39 bits per heavy atom. The van der Waals surface area contributed by atoms with E-state index in [2.05, 4.69) is 10.9 Å². The zero-order valence-electron chi connectivity index (χ0n) is 12.7. The number of carbonyl (C=O) groups is 1. The lowest BCUT2D eigenvalue weighted by Gasteiger charge is -2.12. The van der Waals surface area contributed by atoms with Gasteiger partial charge in [0.1, 0.15) is 0 Å². The number of rotatable bonds is 7. The first-order chi connectivity index (χ1) is 11.1. The van der Waals surface area contributed by atoms with Crippen molar-refractivity contribution in [2.24, 2.45) is 0 Å². The smallest absolute Gasteiger partial charge is 0.265 e. The van der Waals surface area contributed by atoms with Crippen molar-refractivity contribution < 1.29 is 9.53 Å². The van der Waals surface area contributed by atoms with Crippen LogP contribution < -0.4 is 15.6 Å². The molecule has 0 bridgehead atoms. The molecule has 0 atom stereocenters. The summed E-state index contributed by atoms with van der Waals surface area (Å²) in [6.07, 6.45) is 0.846. The van der Waals surface area contributed by atoms with E-state index in [0.717, 1.165) is 12.0 Å². The van der Waals surface area contributed by atoms with Crippen LogP contribution in [0.4, 0.5) is 0 Å². The van der Waals surface area contributed by atoms with E-state index in [1.807, 2.05) is 37.3 Å². The maximum Gasteiger partial charge on any atom is 0.265 e. The molecule has 122 valence electrons. The number of hydrogen-bond donors (Lipinski definition) is 2. The van der Waals surface area contributed by atoms with Gasteiger partial charge in [-0.25, -0.2) is 5.43 Å². The van der Waals surface area contributed by atoms with Crippen molar-refractivity contribution in [2.75, 3.05) is 6.61 Å². The Hall–Kier alpha value is -1.75. The summed E-state index contributed by atoms with van der Waals surface area (Å²) < 4.78 is 5.48. The third-order valence-corrected chi connectivity index (χ3v) is 3.61. The van der Waals surface area contributed by atoms with Gasteiger partial charge in [-0.05, 0) is 24.1 Å². The largest absolute Gasteiger partial charge is 0.490 e. The molecule has 0 heterocycles. The number of carbonyl (C=O) groups excluding carboxylic acids is 1. The lowest BCUT2D eigenvalue weighted by atomic mass is 10.2. The first-order valence-corrected chi connectivity index (χ1v) is 8.06. The van der Waals surface area contributed by atoms with Gasteiger partial charge in [-0.2, -0.15) is 0 Å². The molecule has 0 fully saturated rings. The summed E-state index contributed by atoms with van der Waals surface area (Å²) in [5.41, 5.74) is 6.92. The second kappa shape index (κ2) is 8.77. The van der Waals surface area contributed by atoms with E-state index in [1.54, 1.807) is 0 Å². The van der Waals surface area contributed by atoms with Crippen molar-refractivity contribution in [1.29, 1.82) is 0 Å². The Kier molecular flexibility index (Phi) is 6.71. The summed E-state index contributed by atoms with van der Waals surface area (Å²) in [6, 6.07) is 12.8. The minimum atomic E-state index is -0.313. The van der Waals surface area contributed by atoms with Gasteiger partial charge in [0.25, 0.3) is 5.91 Å². The molecule has 6 heteroatoms. The second-order valence-corrected chi connectivity index (χ2v) is 5.73. The normalized spacial score (nSPS) is 10.4. The number of ether oxygens (including phenoxy) is 1. The van der Waals surface area contributed by atoms with Gasteiger partial charge in [-0.3, -0.25) is 10.2 Å². The number of hydrogen-bond acceptors (Lipinski definition) is 3. The molecule has 2 aromatic rings. The molecule has 2 aromatic carbocycles. The van der Waals surface area contributed by atoms with Gasteiger partial charge in [0.2, 0.25) is 0 Å². The minimum absolute atomic E-state index is 0.313. The zero-order valence-corrected chi connectivity index (χ0v) is 14.2. The second-order valence-electron chi connectivity index (χ2n) is 4.91. The maximum absolute atomic E-state index is 12.1. The van der Waals surface area contributed by atoms with Crippen molar-refractivity contribution >= 4 is 29.1 Å². The van der Waals surface area contributed by atoms with E-state index in [4.69, 9.17) is 27.9 Å². The summed E-state index contributed by atoms with van der Waals surface area (Å²) in [4.78, 5) is 12.1. The van der Waals surface area contributed by atoms with Crippen LogP contribution >= 0.6 is 23.2 Å². The molecule has 0 radical (unpaired) electrons. The highest BCUT2D eigenvalue weighted by molar-refractivity contribution is 6.37. The number of amides is 1.